The lowest BCUT2D eigenvalue weighted by Gasteiger charge is -2.39. The van der Waals surface area contributed by atoms with Gasteiger partial charge in [-0.05, 0) is 30.9 Å². The van der Waals surface area contributed by atoms with Gasteiger partial charge in [-0.2, -0.15) is 5.10 Å². The number of aromatic nitrogens is 3. The van der Waals surface area contributed by atoms with Crippen LogP contribution in [-0.4, -0.2) is 61.5 Å². The molecule has 190 valence electrons. The fraction of sp³-hybridized carbons (Fsp3) is 0.480. The van der Waals surface area contributed by atoms with Gasteiger partial charge in [0, 0.05) is 36.3 Å². The van der Waals surface area contributed by atoms with Crippen molar-refractivity contribution >= 4 is 23.2 Å². The molecule has 3 aliphatic heterocycles. The fourth-order valence-corrected chi connectivity index (χ4v) is 6.25. The molecule has 0 spiro atoms. The summed E-state index contributed by atoms with van der Waals surface area (Å²) in [6, 6.07) is 3.91. The molecule has 6 rings (SSSR count). The third kappa shape index (κ3) is 4.10. The molecule has 3 aliphatic rings. The van der Waals surface area contributed by atoms with Crippen molar-refractivity contribution in [1.82, 2.24) is 24.4 Å². The van der Waals surface area contributed by atoms with Gasteiger partial charge in [0.25, 0.3) is 12.3 Å². The SMILES string of the molecule is CC1CC2CC(Oc3cc(F)ccc3C(=O)N3Cc4nn5cc(Cl)cnc5c4C3)CC1N2CC(F)F. The number of hydrogen-bond donors (Lipinski definition) is 0. The Morgan fingerprint density at radius 3 is 2.86 bits per heavy atom. The molecule has 4 atom stereocenters. The van der Waals surface area contributed by atoms with E-state index in [1.807, 2.05) is 4.90 Å². The molecule has 0 aliphatic carbocycles. The van der Waals surface area contributed by atoms with Gasteiger partial charge in [0.05, 0.1) is 42.1 Å². The summed E-state index contributed by atoms with van der Waals surface area (Å²) in [4.78, 5) is 21.4. The molecule has 2 bridgehead atoms. The number of fused-ring (bicyclic) bond motifs is 5. The van der Waals surface area contributed by atoms with E-state index in [0.717, 1.165) is 17.7 Å². The van der Waals surface area contributed by atoms with E-state index in [1.54, 1.807) is 15.6 Å². The molecule has 0 N–H and O–H groups in total. The minimum Gasteiger partial charge on any atom is -0.489 e. The summed E-state index contributed by atoms with van der Waals surface area (Å²) in [6.45, 7) is 2.44. The first kappa shape index (κ1) is 23.5. The molecule has 4 unspecified atom stereocenters. The van der Waals surface area contributed by atoms with Crippen LogP contribution in [0.5, 0.6) is 5.75 Å². The van der Waals surface area contributed by atoms with Crippen molar-refractivity contribution in [2.45, 2.75) is 63.9 Å². The van der Waals surface area contributed by atoms with Crippen molar-refractivity contribution in [3.05, 3.63) is 58.3 Å². The molecule has 36 heavy (non-hydrogen) atoms. The summed E-state index contributed by atoms with van der Waals surface area (Å²) in [6.07, 6.45) is 2.51. The van der Waals surface area contributed by atoms with E-state index >= 15 is 0 Å². The number of amides is 1. The van der Waals surface area contributed by atoms with Gasteiger partial charge >= 0.3 is 0 Å². The second kappa shape index (κ2) is 8.92. The average molecular weight is 520 g/mol. The summed E-state index contributed by atoms with van der Waals surface area (Å²) in [5, 5.41) is 4.96. The molecule has 2 aromatic heterocycles. The zero-order valence-corrected chi connectivity index (χ0v) is 20.3. The molecule has 5 heterocycles. The van der Waals surface area contributed by atoms with Crippen molar-refractivity contribution in [1.29, 1.82) is 0 Å². The van der Waals surface area contributed by atoms with Crippen LogP contribution in [0.2, 0.25) is 5.02 Å². The van der Waals surface area contributed by atoms with Gasteiger partial charge in [-0.15, -0.1) is 0 Å². The van der Waals surface area contributed by atoms with E-state index in [2.05, 4.69) is 17.0 Å². The number of carbonyl (C=O) groups excluding carboxylic acids is 1. The van der Waals surface area contributed by atoms with E-state index < -0.39 is 12.2 Å². The Morgan fingerprint density at radius 1 is 1.25 bits per heavy atom. The van der Waals surface area contributed by atoms with Gasteiger partial charge < -0.3 is 9.64 Å². The van der Waals surface area contributed by atoms with E-state index in [1.165, 1.54) is 24.4 Å². The van der Waals surface area contributed by atoms with E-state index in [-0.39, 0.29) is 47.9 Å². The molecule has 1 aromatic carbocycles. The molecule has 3 aromatic rings. The Labute approximate surface area is 210 Å². The van der Waals surface area contributed by atoms with Crippen LogP contribution in [0.15, 0.2) is 30.6 Å². The predicted molar refractivity (Wildman–Crippen MR) is 126 cm³/mol. The monoisotopic (exact) mass is 519 g/mol. The van der Waals surface area contributed by atoms with E-state index in [9.17, 15) is 18.0 Å². The Morgan fingerprint density at radius 2 is 2.08 bits per heavy atom. The van der Waals surface area contributed by atoms with Crippen LogP contribution in [0, 0.1) is 11.7 Å². The molecule has 1 amide bonds. The molecule has 2 saturated heterocycles. The highest BCUT2D eigenvalue weighted by molar-refractivity contribution is 6.30. The second-order valence-electron chi connectivity index (χ2n) is 10.0. The quantitative estimate of drug-likeness (QED) is 0.494. The number of piperidine rings is 1. The van der Waals surface area contributed by atoms with Gasteiger partial charge in [0.2, 0.25) is 0 Å². The average Bonchev–Trinajstić information content (AvgIpc) is 3.41. The number of carbonyl (C=O) groups is 1. The highest BCUT2D eigenvalue weighted by atomic mass is 35.5. The third-order valence-corrected chi connectivity index (χ3v) is 7.84. The Balaban J connectivity index is 1.21. The first-order valence-electron chi connectivity index (χ1n) is 12.1. The number of nitrogens with zero attached hydrogens (tertiary/aromatic N) is 5. The van der Waals surface area contributed by atoms with Crippen LogP contribution in [0.3, 0.4) is 0 Å². The highest BCUT2D eigenvalue weighted by Gasteiger charge is 2.46. The predicted octanol–water partition coefficient (Wildman–Crippen LogP) is 4.56. The third-order valence-electron chi connectivity index (χ3n) is 7.65. The summed E-state index contributed by atoms with van der Waals surface area (Å²) in [5.74, 6) is -0.330. The fourth-order valence-electron chi connectivity index (χ4n) is 6.11. The minimum atomic E-state index is -2.38. The van der Waals surface area contributed by atoms with Crippen molar-refractivity contribution < 1.29 is 22.7 Å². The summed E-state index contributed by atoms with van der Waals surface area (Å²) in [5.41, 5.74) is 2.49. The summed E-state index contributed by atoms with van der Waals surface area (Å²) >= 11 is 6.00. The summed E-state index contributed by atoms with van der Waals surface area (Å²) < 4.78 is 48.3. The van der Waals surface area contributed by atoms with E-state index in [0.29, 0.717) is 36.6 Å². The lowest BCUT2D eigenvalue weighted by molar-refractivity contribution is 0.00289. The number of halogens is 4. The maximum absolute atomic E-state index is 14.2. The normalized spacial score (nSPS) is 25.7. The Kier molecular flexibility index (Phi) is 5.83. The van der Waals surface area contributed by atoms with Crippen LogP contribution in [0.25, 0.3) is 5.65 Å². The van der Waals surface area contributed by atoms with Crippen LogP contribution in [0.1, 0.15) is 47.8 Å². The van der Waals surface area contributed by atoms with Crippen LogP contribution in [-0.2, 0) is 13.1 Å². The molecule has 2 fully saturated rings. The van der Waals surface area contributed by atoms with Gasteiger partial charge in [0.15, 0.2) is 5.65 Å². The molecule has 7 nitrogen and oxygen atoms in total. The molecular formula is C25H25ClF3N5O2. The standard InChI is InChI=1S/C25H25ClF3N5O2/c1-13-4-16-6-17(7-21(13)33(16)12-23(28)29)36-22-5-15(27)2-3-18(22)25(35)32-10-19-20(11-32)31-34-9-14(26)8-30-24(19)34/h2-3,5,8-9,13,16-17,21,23H,4,6-7,10-12H2,1H3. The first-order chi connectivity index (χ1) is 17.3. The summed E-state index contributed by atoms with van der Waals surface area (Å²) in [7, 11) is 0. The maximum Gasteiger partial charge on any atom is 0.258 e. The van der Waals surface area contributed by atoms with Crippen molar-refractivity contribution in [2.75, 3.05) is 6.54 Å². The number of alkyl halides is 2. The van der Waals surface area contributed by atoms with Crippen molar-refractivity contribution in [3.63, 3.8) is 0 Å². The zero-order valence-electron chi connectivity index (χ0n) is 19.6. The Hall–Kier alpha value is -2.85. The molecule has 0 radical (unpaired) electrons. The zero-order chi connectivity index (χ0) is 25.1. The van der Waals surface area contributed by atoms with Crippen LogP contribution in [0.4, 0.5) is 13.2 Å². The number of ether oxygens (including phenoxy) is 1. The maximum atomic E-state index is 14.2. The number of rotatable bonds is 5. The lowest BCUT2D eigenvalue weighted by Crippen LogP contribution is -2.49. The van der Waals surface area contributed by atoms with Gasteiger partial charge in [-0.25, -0.2) is 22.7 Å². The highest BCUT2D eigenvalue weighted by Crippen LogP contribution is 2.41. The first-order valence-corrected chi connectivity index (χ1v) is 12.5. The van der Waals surface area contributed by atoms with Crippen LogP contribution >= 0.6 is 11.6 Å². The minimum absolute atomic E-state index is 0.00333. The van der Waals surface area contributed by atoms with Gasteiger partial charge in [-0.3, -0.25) is 9.69 Å². The topological polar surface area (TPSA) is 63.0 Å². The van der Waals surface area contributed by atoms with Crippen molar-refractivity contribution in [3.8, 4) is 5.75 Å². The van der Waals surface area contributed by atoms with E-state index in [4.69, 9.17) is 16.3 Å². The Bertz CT molecular complexity index is 1330. The van der Waals surface area contributed by atoms with Crippen LogP contribution < -0.4 is 4.74 Å². The van der Waals surface area contributed by atoms with Crippen molar-refractivity contribution in [2.24, 2.45) is 5.92 Å². The molecule has 0 saturated carbocycles. The lowest BCUT2D eigenvalue weighted by atomic mass is 9.97. The molecular weight excluding hydrogens is 495 g/mol. The largest absolute Gasteiger partial charge is 0.489 e. The molecule has 11 heteroatoms. The number of hydrogen-bond acceptors (Lipinski definition) is 5. The second-order valence-corrected chi connectivity index (χ2v) is 10.4. The smallest absolute Gasteiger partial charge is 0.258 e. The van der Waals surface area contributed by atoms with Gasteiger partial charge in [-0.1, -0.05) is 18.5 Å². The number of benzene rings is 1. The van der Waals surface area contributed by atoms with Gasteiger partial charge in [0.1, 0.15) is 17.7 Å².